The Hall–Kier alpha value is -2.09. The molecule has 1 amide bonds. The van der Waals surface area contributed by atoms with Gasteiger partial charge in [-0.05, 0) is 42.8 Å². The zero-order chi connectivity index (χ0) is 18.7. The van der Waals surface area contributed by atoms with Gasteiger partial charge in [0.1, 0.15) is 15.8 Å². The van der Waals surface area contributed by atoms with Gasteiger partial charge in [0.25, 0.3) is 5.91 Å². The largest absolute Gasteiger partial charge is 0.481 e. The maximum atomic E-state index is 12.5. The highest BCUT2D eigenvalue weighted by atomic mass is 35.5. The number of carbonyl (C=O) groups excluding carboxylic acids is 1. The topological polar surface area (TPSA) is 70.8 Å². The van der Waals surface area contributed by atoms with Crippen LogP contribution in [0.2, 0.25) is 5.02 Å². The number of benzene rings is 1. The number of thioether (sulfide) groups is 1. The van der Waals surface area contributed by atoms with Gasteiger partial charge < -0.3 is 9.52 Å². The number of aliphatic carboxylic acids is 1. The van der Waals surface area contributed by atoms with Crippen LogP contribution in [0.5, 0.6) is 0 Å². The number of halogens is 1. The van der Waals surface area contributed by atoms with Gasteiger partial charge in [0.15, 0.2) is 0 Å². The van der Waals surface area contributed by atoms with Crippen molar-refractivity contribution in [1.29, 1.82) is 0 Å². The van der Waals surface area contributed by atoms with Crippen molar-refractivity contribution in [2.24, 2.45) is 0 Å². The highest BCUT2D eigenvalue weighted by Gasteiger charge is 2.31. The first-order valence-corrected chi connectivity index (χ1v) is 9.37. The number of hydrogen-bond acceptors (Lipinski definition) is 5. The molecule has 0 bridgehead atoms. The molecule has 1 saturated heterocycles. The van der Waals surface area contributed by atoms with E-state index in [4.69, 9.17) is 33.3 Å². The lowest BCUT2D eigenvalue weighted by molar-refractivity contribution is -0.137. The molecule has 3 rings (SSSR count). The molecule has 1 aromatic carbocycles. The molecule has 1 fully saturated rings. The van der Waals surface area contributed by atoms with Gasteiger partial charge in [-0.15, -0.1) is 0 Å². The van der Waals surface area contributed by atoms with E-state index in [1.807, 2.05) is 18.2 Å². The summed E-state index contributed by atoms with van der Waals surface area (Å²) in [5.74, 6) is 0.0944. The predicted octanol–water partition coefficient (Wildman–Crippen LogP) is 4.67. The molecule has 0 spiro atoms. The molecule has 1 N–H and O–H groups in total. The molecular formula is C18H14ClNO4S2. The van der Waals surface area contributed by atoms with Gasteiger partial charge in [-0.3, -0.25) is 14.5 Å². The van der Waals surface area contributed by atoms with E-state index in [-0.39, 0.29) is 12.3 Å². The molecule has 2 aromatic rings. The van der Waals surface area contributed by atoms with Gasteiger partial charge in [-0.1, -0.05) is 35.6 Å². The Morgan fingerprint density at radius 2 is 2.00 bits per heavy atom. The second-order valence-electron chi connectivity index (χ2n) is 5.54. The van der Waals surface area contributed by atoms with E-state index in [2.05, 4.69) is 0 Å². The van der Waals surface area contributed by atoms with Crippen LogP contribution in [0.25, 0.3) is 17.4 Å². The third kappa shape index (κ3) is 4.35. The van der Waals surface area contributed by atoms with Crippen LogP contribution in [0.1, 0.15) is 18.6 Å². The molecule has 1 aliphatic rings. The molecule has 26 heavy (non-hydrogen) atoms. The van der Waals surface area contributed by atoms with E-state index in [1.54, 1.807) is 24.3 Å². The van der Waals surface area contributed by atoms with Crippen molar-refractivity contribution in [3.05, 3.63) is 52.1 Å². The van der Waals surface area contributed by atoms with Gasteiger partial charge in [-0.25, -0.2) is 0 Å². The molecule has 8 heteroatoms. The minimum atomic E-state index is -0.892. The third-order valence-corrected chi connectivity index (χ3v) is 5.30. The van der Waals surface area contributed by atoms with Gasteiger partial charge in [0.05, 0.1) is 4.91 Å². The molecule has 134 valence electrons. The van der Waals surface area contributed by atoms with Crippen LogP contribution in [0, 0.1) is 0 Å². The first-order valence-electron chi connectivity index (χ1n) is 7.77. The highest BCUT2D eigenvalue weighted by Crippen LogP contribution is 2.34. The van der Waals surface area contributed by atoms with Crippen molar-refractivity contribution in [3.8, 4) is 11.3 Å². The van der Waals surface area contributed by atoms with E-state index in [9.17, 15) is 9.59 Å². The standard InChI is InChI=1S/C18H14ClNO4S2/c19-12-5-3-11(4-6-12)14-8-7-13(24-14)10-15-17(23)20(18(25)26-15)9-1-2-16(21)22/h3-8,10H,1-2,9H2,(H,21,22)/b15-10+. The first-order chi connectivity index (χ1) is 12.4. The van der Waals surface area contributed by atoms with Crippen molar-refractivity contribution >= 4 is 57.9 Å². The number of furan rings is 1. The number of carboxylic acids is 1. The Morgan fingerprint density at radius 3 is 2.69 bits per heavy atom. The SMILES string of the molecule is O=C(O)CCCN1C(=O)/C(=C\c2ccc(-c3ccc(Cl)cc3)o2)SC1=S. The highest BCUT2D eigenvalue weighted by molar-refractivity contribution is 8.26. The van der Waals surface area contributed by atoms with Crippen LogP contribution in [-0.2, 0) is 9.59 Å². The minimum absolute atomic E-state index is 0.00125. The Kier molecular flexibility index (Phi) is 5.80. The molecule has 0 radical (unpaired) electrons. The normalized spacial score (nSPS) is 15.9. The van der Waals surface area contributed by atoms with Crippen molar-refractivity contribution in [1.82, 2.24) is 4.90 Å². The minimum Gasteiger partial charge on any atom is -0.481 e. The zero-order valence-electron chi connectivity index (χ0n) is 13.5. The monoisotopic (exact) mass is 407 g/mol. The van der Waals surface area contributed by atoms with Crippen LogP contribution in [0.4, 0.5) is 0 Å². The lowest BCUT2D eigenvalue weighted by Gasteiger charge is -2.13. The van der Waals surface area contributed by atoms with Crippen LogP contribution >= 0.6 is 35.6 Å². The van der Waals surface area contributed by atoms with Crippen LogP contribution in [0.3, 0.4) is 0 Å². The summed E-state index contributed by atoms with van der Waals surface area (Å²) in [6.07, 6.45) is 2.01. The van der Waals surface area contributed by atoms with Gasteiger partial charge in [0, 0.05) is 29.6 Å². The second kappa shape index (κ2) is 8.07. The van der Waals surface area contributed by atoms with Gasteiger partial charge in [-0.2, -0.15) is 0 Å². The van der Waals surface area contributed by atoms with E-state index in [0.717, 1.165) is 5.56 Å². The fourth-order valence-electron chi connectivity index (χ4n) is 2.41. The smallest absolute Gasteiger partial charge is 0.303 e. The number of amides is 1. The maximum absolute atomic E-state index is 12.5. The van der Waals surface area contributed by atoms with Crippen molar-refractivity contribution < 1.29 is 19.1 Å². The summed E-state index contributed by atoms with van der Waals surface area (Å²) < 4.78 is 6.21. The molecule has 0 atom stereocenters. The molecule has 1 aromatic heterocycles. The summed E-state index contributed by atoms with van der Waals surface area (Å²) in [6, 6.07) is 10.9. The Labute approximate surface area is 164 Å². The fraction of sp³-hybridized carbons (Fsp3) is 0.167. The number of thiocarbonyl (C=S) groups is 1. The van der Waals surface area contributed by atoms with Gasteiger partial charge >= 0.3 is 5.97 Å². The lowest BCUT2D eigenvalue weighted by atomic mass is 10.2. The zero-order valence-corrected chi connectivity index (χ0v) is 15.9. The van der Waals surface area contributed by atoms with Crippen LogP contribution in [-0.4, -0.2) is 32.7 Å². The summed E-state index contributed by atoms with van der Waals surface area (Å²) in [5, 5.41) is 9.35. The molecule has 5 nitrogen and oxygen atoms in total. The number of rotatable bonds is 6. The van der Waals surface area contributed by atoms with E-state index < -0.39 is 5.97 Å². The van der Waals surface area contributed by atoms with Crippen molar-refractivity contribution in [2.45, 2.75) is 12.8 Å². The van der Waals surface area contributed by atoms with E-state index >= 15 is 0 Å². The number of carboxylic acid groups (broad SMARTS) is 1. The second-order valence-corrected chi connectivity index (χ2v) is 7.65. The number of nitrogens with zero attached hydrogens (tertiary/aromatic N) is 1. The van der Waals surface area contributed by atoms with Crippen molar-refractivity contribution in [2.75, 3.05) is 6.54 Å². The summed E-state index contributed by atoms with van der Waals surface area (Å²) in [6.45, 7) is 0.294. The summed E-state index contributed by atoms with van der Waals surface area (Å²) >= 11 is 12.3. The fourth-order valence-corrected chi connectivity index (χ4v) is 3.82. The van der Waals surface area contributed by atoms with Crippen LogP contribution < -0.4 is 0 Å². The number of carbonyl (C=O) groups is 2. The number of hydrogen-bond donors (Lipinski definition) is 1. The first kappa shape index (κ1) is 18.7. The predicted molar refractivity (Wildman–Crippen MR) is 106 cm³/mol. The summed E-state index contributed by atoms with van der Waals surface area (Å²) in [5.41, 5.74) is 0.885. The lowest BCUT2D eigenvalue weighted by Crippen LogP contribution is -2.29. The maximum Gasteiger partial charge on any atom is 0.303 e. The Balaban J connectivity index is 1.72. The third-order valence-electron chi connectivity index (χ3n) is 3.67. The molecule has 1 aliphatic heterocycles. The Morgan fingerprint density at radius 1 is 1.27 bits per heavy atom. The average Bonchev–Trinajstić information content (AvgIpc) is 3.15. The van der Waals surface area contributed by atoms with E-state index in [0.29, 0.717) is 38.7 Å². The molecular weight excluding hydrogens is 394 g/mol. The molecule has 2 heterocycles. The summed E-state index contributed by atoms with van der Waals surface area (Å²) in [4.78, 5) is 25.0. The summed E-state index contributed by atoms with van der Waals surface area (Å²) in [7, 11) is 0. The molecule has 0 saturated carbocycles. The van der Waals surface area contributed by atoms with E-state index in [1.165, 1.54) is 16.7 Å². The quantitative estimate of drug-likeness (QED) is 0.554. The van der Waals surface area contributed by atoms with Gasteiger partial charge in [0.2, 0.25) is 0 Å². The molecule has 0 aliphatic carbocycles. The Bertz CT molecular complexity index is 889. The molecule has 0 unspecified atom stereocenters. The van der Waals surface area contributed by atoms with Crippen LogP contribution in [0.15, 0.2) is 45.7 Å². The average molecular weight is 408 g/mol. The van der Waals surface area contributed by atoms with Crippen molar-refractivity contribution in [3.63, 3.8) is 0 Å².